The van der Waals surface area contributed by atoms with Gasteiger partial charge in [0.15, 0.2) is 0 Å². The van der Waals surface area contributed by atoms with E-state index in [0.29, 0.717) is 23.7 Å². The second kappa shape index (κ2) is 6.62. The molecule has 3 heterocycles. The number of piperidine rings is 1. The quantitative estimate of drug-likeness (QED) is 0.814. The summed E-state index contributed by atoms with van der Waals surface area (Å²) in [6.07, 6.45) is 4.25. The summed E-state index contributed by atoms with van der Waals surface area (Å²) < 4.78 is 0. The summed E-state index contributed by atoms with van der Waals surface area (Å²) in [4.78, 5) is 21.7. The molecule has 4 rings (SSSR count). The van der Waals surface area contributed by atoms with Gasteiger partial charge in [0.05, 0.1) is 21.7 Å². The SMILES string of the molecule is N#Cc1ccc(N2CCC[C@]3(CCN(c4ccccc4Cl)C3=O)C2)nc1. The maximum absolute atomic E-state index is 13.3. The molecule has 0 N–H and O–H groups in total. The second-order valence-electron chi connectivity index (χ2n) is 6.98. The molecule has 2 aliphatic rings. The Morgan fingerprint density at radius 1 is 1.15 bits per heavy atom. The topological polar surface area (TPSA) is 60.2 Å². The van der Waals surface area contributed by atoms with Crippen LogP contribution in [0.3, 0.4) is 0 Å². The van der Waals surface area contributed by atoms with Gasteiger partial charge in [0.2, 0.25) is 5.91 Å². The van der Waals surface area contributed by atoms with Crippen LogP contribution in [0.4, 0.5) is 11.5 Å². The molecule has 2 saturated heterocycles. The third-order valence-electron chi connectivity index (χ3n) is 5.43. The fourth-order valence-electron chi connectivity index (χ4n) is 4.07. The Bertz CT molecular complexity index is 876. The molecule has 5 nitrogen and oxygen atoms in total. The first kappa shape index (κ1) is 16.9. The molecular weight excluding hydrogens is 348 g/mol. The van der Waals surface area contributed by atoms with Crippen molar-refractivity contribution in [1.82, 2.24) is 4.98 Å². The lowest BCUT2D eigenvalue weighted by Gasteiger charge is -2.39. The maximum atomic E-state index is 13.3. The Labute approximate surface area is 157 Å². The summed E-state index contributed by atoms with van der Waals surface area (Å²) in [6, 6.07) is 13.2. The molecule has 0 aliphatic carbocycles. The van der Waals surface area contributed by atoms with E-state index < -0.39 is 0 Å². The Morgan fingerprint density at radius 2 is 2.00 bits per heavy atom. The zero-order valence-corrected chi connectivity index (χ0v) is 15.1. The molecule has 6 heteroatoms. The van der Waals surface area contributed by atoms with Crippen molar-refractivity contribution in [2.24, 2.45) is 5.41 Å². The first-order valence-corrected chi connectivity index (χ1v) is 9.18. The van der Waals surface area contributed by atoms with Gasteiger partial charge < -0.3 is 9.80 Å². The molecule has 2 aromatic rings. The van der Waals surface area contributed by atoms with Crippen LogP contribution in [0.2, 0.25) is 5.02 Å². The van der Waals surface area contributed by atoms with Crippen LogP contribution in [-0.4, -0.2) is 30.5 Å². The Hall–Kier alpha value is -2.58. The molecule has 1 spiro atoms. The van der Waals surface area contributed by atoms with E-state index in [-0.39, 0.29) is 11.3 Å². The summed E-state index contributed by atoms with van der Waals surface area (Å²) in [7, 11) is 0. The molecule has 0 saturated carbocycles. The lowest BCUT2D eigenvalue weighted by molar-refractivity contribution is -0.126. The number of para-hydroxylation sites is 1. The number of aromatic nitrogens is 1. The number of hydrogen-bond donors (Lipinski definition) is 0. The number of benzene rings is 1. The number of carbonyl (C=O) groups is 1. The Balaban J connectivity index is 1.58. The number of hydrogen-bond acceptors (Lipinski definition) is 4. The lowest BCUT2D eigenvalue weighted by atomic mass is 9.78. The van der Waals surface area contributed by atoms with Crippen molar-refractivity contribution >= 4 is 29.0 Å². The Morgan fingerprint density at radius 3 is 2.73 bits per heavy atom. The fraction of sp³-hybridized carbons (Fsp3) is 0.350. The fourth-order valence-corrected chi connectivity index (χ4v) is 4.30. The standard InChI is InChI=1S/C20H19ClN4O/c21-16-4-1-2-5-17(16)25-11-9-20(19(25)26)8-3-10-24(14-20)18-7-6-15(12-22)13-23-18/h1-2,4-7,13H,3,8-11,14H2/t20-/m0/s1. The number of anilines is 2. The number of carbonyl (C=O) groups excluding carboxylic acids is 1. The van der Waals surface area contributed by atoms with Crippen LogP contribution in [0, 0.1) is 16.7 Å². The summed E-state index contributed by atoms with van der Waals surface area (Å²) in [5.41, 5.74) is 0.958. The summed E-state index contributed by atoms with van der Waals surface area (Å²) >= 11 is 6.31. The van der Waals surface area contributed by atoms with Gasteiger partial charge in [-0.1, -0.05) is 23.7 Å². The van der Waals surface area contributed by atoms with E-state index in [1.807, 2.05) is 35.2 Å². The minimum atomic E-state index is -0.382. The molecule has 2 fully saturated rings. The third kappa shape index (κ3) is 2.81. The minimum Gasteiger partial charge on any atom is -0.356 e. The zero-order chi connectivity index (χ0) is 18.1. The van der Waals surface area contributed by atoms with Gasteiger partial charge >= 0.3 is 0 Å². The number of rotatable bonds is 2. The number of pyridine rings is 1. The van der Waals surface area contributed by atoms with Gasteiger partial charge in [0, 0.05) is 25.8 Å². The van der Waals surface area contributed by atoms with Crippen molar-refractivity contribution in [3.05, 3.63) is 53.2 Å². The highest BCUT2D eigenvalue weighted by molar-refractivity contribution is 6.34. The normalized spacial score (nSPS) is 22.7. The minimum absolute atomic E-state index is 0.156. The van der Waals surface area contributed by atoms with Crippen molar-refractivity contribution in [1.29, 1.82) is 5.26 Å². The van der Waals surface area contributed by atoms with Gasteiger partial charge in [-0.05, 0) is 43.5 Å². The smallest absolute Gasteiger partial charge is 0.235 e. The van der Waals surface area contributed by atoms with Crippen LogP contribution in [-0.2, 0) is 4.79 Å². The van der Waals surface area contributed by atoms with Crippen LogP contribution in [0.25, 0.3) is 0 Å². The van der Waals surface area contributed by atoms with Crippen LogP contribution < -0.4 is 9.80 Å². The maximum Gasteiger partial charge on any atom is 0.235 e. The van der Waals surface area contributed by atoms with E-state index >= 15 is 0 Å². The van der Waals surface area contributed by atoms with E-state index in [1.165, 1.54) is 0 Å². The molecule has 1 aromatic carbocycles. The number of nitrogens with zero attached hydrogens (tertiary/aromatic N) is 4. The highest BCUT2D eigenvalue weighted by Gasteiger charge is 2.49. The van der Waals surface area contributed by atoms with Gasteiger partial charge in [-0.15, -0.1) is 0 Å². The van der Waals surface area contributed by atoms with Gasteiger partial charge in [-0.2, -0.15) is 5.26 Å². The van der Waals surface area contributed by atoms with E-state index in [9.17, 15) is 4.79 Å². The number of halogens is 1. The lowest BCUT2D eigenvalue weighted by Crippen LogP contribution is -2.48. The Kier molecular flexibility index (Phi) is 4.29. The first-order chi connectivity index (χ1) is 12.6. The molecular formula is C20H19ClN4O. The summed E-state index contributed by atoms with van der Waals surface area (Å²) in [5.74, 6) is 0.982. The number of amides is 1. The molecule has 132 valence electrons. The van der Waals surface area contributed by atoms with Crippen LogP contribution in [0.15, 0.2) is 42.6 Å². The average molecular weight is 367 g/mol. The van der Waals surface area contributed by atoms with Crippen molar-refractivity contribution in [3.63, 3.8) is 0 Å². The van der Waals surface area contributed by atoms with Crippen LogP contribution >= 0.6 is 11.6 Å². The molecule has 1 aromatic heterocycles. The largest absolute Gasteiger partial charge is 0.356 e. The molecule has 0 bridgehead atoms. The highest BCUT2D eigenvalue weighted by Crippen LogP contribution is 2.43. The predicted octanol–water partition coefficient (Wildman–Crippen LogP) is 3.63. The van der Waals surface area contributed by atoms with Gasteiger partial charge in [-0.3, -0.25) is 4.79 Å². The van der Waals surface area contributed by atoms with Gasteiger partial charge in [-0.25, -0.2) is 4.98 Å². The van der Waals surface area contributed by atoms with Crippen LogP contribution in [0.1, 0.15) is 24.8 Å². The van der Waals surface area contributed by atoms with Crippen molar-refractivity contribution in [3.8, 4) is 6.07 Å². The van der Waals surface area contributed by atoms with Crippen molar-refractivity contribution in [2.45, 2.75) is 19.3 Å². The second-order valence-corrected chi connectivity index (χ2v) is 7.39. The molecule has 0 radical (unpaired) electrons. The molecule has 1 atom stereocenters. The third-order valence-corrected chi connectivity index (χ3v) is 5.75. The molecule has 0 unspecified atom stereocenters. The molecule has 1 amide bonds. The monoisotopic (exact) mass is 366 g/mol. The summed E-state index contributed by atoms with van der Waals surface area (Å²) in [6.45, 7) is 2.23. The van der Waals surface area contributed by atoms with E-state index in [1.54, 1.807) is 12.3 Å². The van der Waals surface area contributed by atoms with Gasteiger partial charge in [0.1, 0.15) is 11.9 Å². The summed E-state index contributed by atoms with van der Waals surface area (Å²) in [5, 5.41) is 9.55. The molecule has 26 heavy (non-hydrogen) atoms. The first-order valence-electron chi connectivity index (χ1n) is 8.81. The van der Waals surface area contributed by atoms with E-state index in [0.717, 1.165) is 37.3 Å². The highest BCUT2D eigenvalue weighted by atomic mass is 35.5. The van der Waals surface area contributed by atoms with Crippen molar-refractivity contribution in [2.75, 3.05) is 29.4 Å². The average Bonchev–Trinajstić information content (AvgIpc) is 2.98. The van der Waals surface area contributed by atoms with Gasteiger partial charge in [0.25, 0.3) is 0 Å². The predicted molar refractivity (Wildman–Crippen MR) is 101 cm³/mol. The van der Waals surface area contributed by atoms with Crippen LogP contribution in [0.5, 0.6) is 0 Å². The van der Waals surface area contributed by atoms with Crippen molar-refractivity contribution < 1.29 is 4.79 Å². The molecule has 2 aliphatic heterocycles. The zero-order valence-electron chi connectivity index (χ0n) is 14.4. The number of nitriles is 1. The van der Waals surface area contributed by atoms with E-state index in [2.05, 4.69) is 16.0 Å². The van der Waals surface area contributed by atoms with E-state index in [4.69, 9.17) is 16.9 Å².